The molecule has 0 amide bonds. The highest BCUT2D eigenvalue weighted by Crippen LogP contribution is 2.40. The van der Waals surface area contributed by atoms with Gasteiger partial charge in [-0.05, 0) is 100 Å². The van der Waals surface area contributed by atoms with Crippen LogP contribution in [0.2, 0.25) is 0 Å². The Morgan fingerprint density at radius 3 is 1.72 bits per heavy atom. The van der Waals surface area contributed by atoms with Gasteiger partial charge < -0.3 is 0 Å². The van der Waals surface area contributed by atoms with E-state index < -0.39 is 0 Å². The first kappa shape index (κ1) is 18.2. The minimum atomic E-state index is 0.717. The van der Waals surface area contributed by atoms with Gasteiger partial charge in [0.25, 0.3) is 0 Å². The van der Waals surface area contributed by atoms with Gasteiger partial charge in [0.2, 0.25) is 0 Å². The lowest BCUT2D eigenvalue weighted by Crippen LogP contribution is -2.50. The Morgan fingerprint density at radius 1 is 0.640 bits per heavy atom. The number of rotatable bonds is 4. The summed E-state index contributed by atoms with van der Waals surface area (Å²) in [6, 6.07) is 2.28. The molecule has 2 heteroatoms. The molecule has 0 aromatic carbocycles. The molecule has 0 radical (unpaired) electrons. The SMILES string of the molecule is C1=CC(N(C2C=CCCC2)C2CCC(C3CCSCC3)CC2)CCC1. The lowest BCUT2D eigenvalue weighted by atomic mass is 9.75. The van der Waals surface area contributed by atoms with E-state index in [1.54, 1.807) is 0 Å². The largest absolute Gasteiger partial charge is 0.288 e. The predicted molar refractivity (Wildman–Crippen MR) is 111 cm³/mol. The summed E-state index contributed by atoms with van der Waals surface area (Å²) in [5, 5.41) is 0. The summed E-state index contributed by atoms with van der Waals surface area (Å²) in [6.07, 6.45) is 27.1. The Hall–Kier alpha value is -0.210. The number of thioether (sulfide) groups is 1. The van der Waals surface area contributed by atoms with E-state index in [-0.39, 0.29) is 0 Å². The van der Waals surface area contributed by atoms with Gasteiger partial charge in [-0.15, -0.1) is 0 Å². The molecule has 4 rings (SSSR count). The van der Waals surface area contributed by atoms with Crippen molar-refractivity contribution in [2.45, 2.75) is 95.2 Å². The van der Waals surface area contributed by atoms with E-state index in [9.17, 15) is 0 Å². The molecule has 0 bridgehead atoms. The molecule has 3 aliphatic carbocycles. The Balaban J connectivity index is 1.41. The molecule has 1 nitrogen and oxygen atoms in total. The first-order chi connectivity index (χ1) is 12.4. The van der Waals surface area contributed by atoms with Crippen LogP contribution in [0.3, 0.4) is 0 Å². The fraction of sp³-hybridized carbons (Fsp3) is 0.826. The Kier molecular flexibility index (Phi) is 6.63. The zero-order valence-electron chi connectivity index (χ0n) is 16.0. The molecule has 0 N–H and O–H groups in total. The first-order valence-electron chi connectivity index (χ1n) is 11.1. The Bertz CT molecular complexity index is 433. The first-order valence-corrected chi connectivity index (χ1v) is 12.3. The highest BCUT2D eigenvalue weighted by atomic mass is 32.2. The number of hydrogen-bond donors (Lipinski definition) is 0. The van der Waals surface area contributed by atoms with E-state index in [4.69, 9.17) is 0 Å². The molecular formula is C23H37NS. The molecule has 1 aliphatic heterocycles. The van der Waals surface area contributed by atoms with E-state index in [1.165, 1.54) is 88.6 Å². The molecule has 0 aromatic heterocycles. The minimum absolute atomic E-state index is 0.717. The minimum Gasteiger partial charge on any atom is -0.288 e. The van der Waals surface area contributed by atoms with Crippen LogP contribution in [0.4, 0.5) is 0 Å². The number of hydrogen-bond acceptors (Lipinski definition) is 2. The smallest absolute Gasteiger partial charge is 0.0287 e. The van der Waals surface area contributed by atoms with E-state index in [2.05, 4.69) is 41.0 Å². The normalized spacial score (nSPS) is 37.5. The average Bonchev–Trinajstić information content (AvgIpc) is 2.71. The van der Waals surface area contributed by atoms with Gasteiger partial charge in [0.05, 0.1) is 0 Å². The fourth-order valence-corrected chi connectivity index (χ4v) is 7.07. The number of nitrogens with zero attached hydrogens (tertiary/aromatic N) is 1. The second-order valence-electron chi connectivity index (χ2n) is 8.82. The van der Waals surface area contributed by atoms with Crippen LogP contribution in [0.25, 0.3) is 0 Å². The molecule has 2 fully saturated rings. The van der Waals surface area contributed by atoms with Gasteiger partial charge in [0.15, 0.2) is 0 Å². The third-order valence-corrected chi connectivity index (χ3v) is 8.37. The summed E-state index contributed by atoms with van der Waals surface area (Å²) < 4.78 is 0. The van der Waals surface area contributed by atoms with Crippen molar-refractivity contribution in [1.29, 1.82) is 0 Å². The molecule has 2 atom stereocenters. The van der Waals surface area contributed by atoms with Gasteiger partial charge in [-0.2, -0.15) is 11.8 Å². The zero-order valence-corrected chi connectivity index (χ0v) is 16.8. The maximum Gasteiger partial charge on any atom is 0.0287 e. The molecular weight excluding hydrogens is 322 g/mol. The highest BCUT2D eigenvalue weighted by molar-refractivity contribution is 7.99. The van der Waals surface area contributed by atoms with E-state index >= 15 is 0 Å². The molecule has 4 aliphatic rings. The molecule has 0 aromatic rings. The Morgan fingerprint density at radius 2 is 1.20 bits per heavy atom. The lowest BCUT2D eigenvalue weighted by molar-refractivity contribution is 0.0605. The van der Waals surface area contributed by atoms with Crippen molar-refractivity contribution in [3.05, 3.63) is 24.3 Å². The summed E-state index contributed by atoms with van der Waals surface area (Å²) >= 11 is 2.18. The summed E-state index contributed by atoms with van der Waals surface area (Å²) in [7, 11) is 0. The van der Waals surface area contributed by atoms with Crippen LogP contribution >= 0.6 is 11.8 Å². The van der Waals surface area contributed by atoms with Crippen LogP contribution in [0, 0.1) is 11.8 Å². The van der Waals surface area contributed by atoms with Gasteiger partial charge in [0, 0.05) is 18.1 Å². The number of allylic oxidation sites excluding steroid dienone is 2. The van der Waals surface area contributed by atoms with Crippen LogP contribution in [-0.4, -0.2) is 34.5 Å². The summed E-state index contributed by atoms with van der Waals surface area (Å²) in [4.78, 5) is 2.97. The van der Waals surface area contributed by atoms with Crippen LogP contribution in [0.1, 0.15) is 77.0 Å². The van der Waals surface area contributed by atoms with Crippen molar-refractivity contribution in [2.24, 2.45) is 11.8 Å². The molecule has 1 saturated heterocycles. The van der Waals surface area contributed by atoms with Gasteiger partial charge in [0.1, 0.15) is 0 Å². The predicted octanol–water partition coefficient (Wildman–Crippen LogP) is 6.21. The van der Waals surface area contributed by atoms with E-state index in [0.717, 1.165) is 17.9 Å². The van der Waals surface area contributed by atoms with E-state index in [1.807, 2.05) is 0 Å². The second kappa shape index (κ2) is 9.13. The monoisotopic (exact) mass is 359 g/mol. The molecule has 140 valence electrons. The van der Waals surface area contributed by atoms with E-state index in [0.29, 0.717) is 12.1 Å². The van der Waals surface area contributed by atoms with Gasteiger partial charge >= 0.3 is 0 Å². The highest BCUT2D eigenvalue weighted by Gasteiger charge is 2.35. The van der Waals surface area contributed by atoms with Crippen molar-refractivity contribution in [3.63, 3.8) is 0 Å². The third kappa shape index (κ3) is 4.56. The van der Waals surface area contributed by atoms with Crippen LogP contribution < -0.4 is 0 Å². The summed E-state index contributed by atoms with van der Waals surface area (Å²) in [6.45, 7) is 0. The molecule has 25 heavy (non-hydrogen) atoms. The van der Waals surface area contributed by atoms with Crippen molar-refractivity contribution >= 4 is 11.8 Å². The van der Waals surface area contributed by atoms with Crippen LogP contribution in [0.5, 0.6) is 0 Å². The van der Waals surface area contributed by atoms with Crippen LogP contribution in [0.15, 0.2) is 24.3 Å². The average molecular weight is 360 g/mol. The van der Waals surface area contributed by atoms with Crippen molar-refractivity contribution in [2.75, 3.05) is 11.5 Å². The van der Waals surface area contributed by atoms with Gasteiger partial charge in [-0.3, -0.25) is 4.90 Å². The van der Waals surface area contributed by atoms with Crippen molar-refractivity contribution in [3.8, 4) is 0 Å². The van der Waals surface area contributed by atoms with Crippen LogP contribution in [-0.2, 0) is 0 Å². The Labute approximate surface area is 159 Å². The molecule has 2 unspecified atom stereocenters. The fourth-order valence-electron chi connectivity index (χ4n) is 5.93. The lowest BCUT2D eigenvalue weighted by Gasteiger charge is -2.46. The quantitative estimate of drug-likeness (QED) is 0.549. The maximum absolute atomic E-state index is 2.97. The van der Waals surface area contributed by atoms with Gasteiger partial charge in [-0.25, -0.2) is 0 Å². The topological polar surface area (TPSA) is 3.24 Å². The van der Waals surface area contributed by atoms with Crippen molar-refractivity contribution in [1.82, 2.24) is 4.90 Å². The molecule has 0 spiro atoms. The van der Waals surface area contributed by atoms with Crippen molar-refractivity contribution < 1.29 is 0 Å². The summed E-state index contributed by atoms with van der Waals surface area (Å²) in [5.74, 6) is 4.95. The third-order valence-electron chi connectivity index (χ3n) is 7.32. The molecule has 1 saturated carbocycles. The zero-order chi connectivity index (χ0) is 16.9. The maximum atomic E-state index is 2.97. The van der Waals surface area contributed by atoms with Gasteiger partial charge in [-0.1, -0.05) is 24.3 Å². The molecule has 1 heterocycles. The second-order valence-corrected chi connectivity index (χ2v) is 10.0. The standard InChI is InChI=1S/C23H37NS/c1-3-7-21(8-4-1)24(22-9-5-2-6-10-22)23-13-11-19(12-14-23)20-15-17-25-18-16-20/h3,5,7,9,19-23H,1-2,4,6,8,10-18H2. The summed E-state index contributed by atoms with van der Waals surface area (Å²) in [5.41, 5.74) is 0.